The van der Waals surface area contributed by atoms with Gasteiger partial charge in [-0.15, -0.1) is 0 Å². The highest BCUT2D eigenvalue weighted by Gasteiger charge is 2.19. The highest BCUT2D eigenvalue weighted by Crippen LogP contribution is 2.28. The normalized spacial score (nSPS) is 10.2. The highest BCUT2D eigenvalue weighted by atomic mass is 19.3. The lowest BCUT2D eigenvalue weighted by atomic mass is 9.96. The van der Waals surface area contributed by atoms with Crippen LogP contribution >= 0.6 is 0 Å². The Labute approximate surface area is 90.9 Å². The van der Waals surface area contributed by atoms with Crippen LogP contribution in [0.15, 0.2) is 12.1 Å². The van der Waals surface area contributed by atoms with E-state index in [9.17, 15) is 13.6 Å². The number of carboxylic acid groups (broad SMARTS) is 1. The van der Waals surface area contributed by atoms with Crippen LogP contribution in [-0.2, 0) is 11.2 Å². The van der Waals surface area contributed by atoms with Gasteiger partial charge in [0, 0.05) is 5.56 Å². The molecule has 0 heterocycles. The second-order valence-corrected chi connectivity index (χ2v) is 3.29. The van der Waals surface area contributed by atoms with E-state index in [0.717, 1.165) is 0 Å². The smallest absolute Gasteiger partial charge is 0.307 e. The fourth-order valence-electron chi connectivity index (χ4n) is 1.53. The zero-order chi connectivity index (χ0) is 12.3. The van der Waals surface area contributed by atoms with E-state index in [1.54, 1.807) is 6.07 Å². The first-order valence-electron chi connectivity index (χ1n) is 4.49. The standard InChI is InChI=1S/C11H9F2NO2/c1-6-8(5-14)3-2-7(4-9(15)16)10(6)11(12)13/h2-3,11H,4H2,1H3,(H,15,16). The van der Waals surface area contributed by atoms with Crippen molar-refractivity contribution in [3.05, 3.63) is 34.4 Å². The van der Waals surface area contributed by atoms with Gasteiger partial charge in [0.05, 0.1) is 18.1 Å². The number of nitriles is 1. The predicted molar refractivity (Wildman–Crippen MR) is 52.2 cm³/mol. The molecule has 3 nitrogen and oxygen atoms in total. The van der Waals surface area contributed by atoms with Gasteiger partial charge in [-0.1, -0.05) is 6.07 Å². The third-order valence-electron chi connectivity index (χ3n) is 2.29. The van der Waals surface area contributed by atoms with E-state index < -0.39 is 18.8 Å². The number of carboxylic acids is 1. The topological polar surface area (TPSA) is 61.1 Å². The molecule has 1 aromatic rings. The summed E-state index contributed by atoms with van der Waals surface area (Å²) in [5, 5.41) is 17.3. The minimum absolute atomic E-state index is 0.0546. The van der Waals surface area contributed by atoms with Gasteiger partial charge in [-0.25, -0.2) is 8.78 Å². The van der Waals surface area contributed by atoms with E-state index in [2.05, 4.69) is 0 Å². The Kier molecular flexibility index (Phi) is 3.56. The molecule has 0 aromatic heterocycles. The number of halogens is 2. The molecule has 0 radical (unpaired) electrons. The van der Waals surface area contributed by atoms with Crippen LogP contribution in [0.1, 0.15) is 28.7 Å². The van der Waals surface area contributed by atoms with Gasteiger partial charge in [0.2, 0.25) is 0 Å². The van der Waals surface area contributed by atoms with Gasteiger partial charge in [0.1, 0.15) is 0 Å². The molecule has 0 bridgehead atoms. The van der Waals surface area contributed by atoms with Crippen molar-refractivity contribution in [2.45, 2.75) is 19.8 Å². The maximum atomic E-state index is 12.8. The molecule has 0 unspecified atom stereocenters. The van der Waals surface area contributed by atoms with Gasteiger partial charge in [0.15, 0.2) is 0 Å². The Bertz CT molecular complexity index is 464. The van der Waals surface area contributed by atoms with Gasteiger partial charge in [0.25, 0.3) is 6.43 Å². The van der Waals surface area contributed by atoms with E-state index in [0.29, 0.717) is 0 Å². The van der Waals surface area contributed by atoms with Crippen molar-refractivity contribution in [3.8, 4) is 6.07 Å². The number of hydrogen-bond donors (Lipinski definition) is 1. The lowest BCUT2D eigenvalue weighted by Gasteiger charge is -2.11. The zero-order valence-corrected chi connectivity index (χ0v) is 8.50. The fraction of sp³-hybridized carbons (Fsp3) is 0.273. The number of alkyl halides is 2. The Hall–Kier alpha value is -1.96. The van der Waals surface area contributed by atoms with Gasteiger partial charge in [-0.2, -0.15) is 5.26 Å². The summed E-state index contributed by atoms with van der Waals surface area (Å²) in [6, 6.07) is 4.42. The number of hydrogen-bond acceptors (Lipinski definition) is 2. The molecule has 0 aliphatic heterocycles. The van der Waals surface area contributed by atoms with E-state index in [1.165, 1.54) is 19.1 Å². The maximum absolute atomic E-state index is 12.8. The second-order valence-electron chi connectivity index (χ2n) is 3.29. The van der Waals surface area contributed by atoms with E-state index >= 15 is 0 Å². The minimum Gasteiger partial charge on any atom is -0.481 e. The molecule has 1 N–H and O–H groups in total. The Balaban J connectivity index is 3.35. The summed E-state index contributed by atoms with van der Waals surface area (Å²) < 4.78 is 25.5. The molecule has 84 valence electrons. The second kappa shape index (κ2) is 4.71. The lowest BCUT2D eigenvalue weighted by molar-refractivity contribution is -0.136. The average Bonchev–Trinajstić information content (AvgIpc) is 2.16. The van der Waals surface area contributed by atoms with Crippen molar-refractivity contribution in [2.24, 2.45) is 0 Å². The van der Waals surface area contributed by atoms with Crippen molar-refractivity contribution in [2.75, 3.05) is 0 Å². The molecule has 0 amide bonds. The molecule has 0 atom stereocenters. The quantitative estimate of drug-likeness (QED) is 0.859. The molecule has 0 aliphatic carbocycles. The van der Waals surface area contributed by atoms with Crippen molar-refractivity contribution in [1.82, 2.24) is 0 Å². The number of carbonyl (C=O) groups is 1. The molecule has 5 heteroatoms. The predicted octanol–water partition coefficient (Wildman–Crippen LogP) is 2.43. The summed E-state index contributed by atoms with van der Waals surface area (Å²) in [7, 11) is 0. The molecule has 0 saturated heterocycles. The molecular weight excluding hydrogens is 216 g/mol. The van der Waals surface area contributed by atoms with Crippen molar-refractivity contribution in [3.63, 3.8) is 0 Å². The first-order valence-corrected chi connectivity index (χ1v) is 4.49. The average molecular weight is 225 g/mol. The monoisotopic (exact) mass is 225 g/mol. The van der Waals surface area contributed by atoms with Crippen LogP contribution in [0.4, 0.5) is 8.78 Å². The fourth-order valence-corrected chi connectivity index (χ4v) is 1.53. The van der Waals surface area contributed by atoms with E-state index in [1.807, 2.05) is 0 Å². The van der Waals surface area contributed by atoms with Crippen LogP contribution in [0.2, 0.25) is 0 Å². The van der Waals surface area contributed by atoms with Crippen LogP contribution in [0.5, 0.6) is 0 Å². The molecule has 0 aliphatic rings. The number of rotatable bonds is 3. The summed E-state index contributed by atoms with van der Waals surface area (Å²) in [4.78, 5) is 10.5. The molecule has 0 saturated carbocycles. The lowest BCUT2D eigenvalue weighted by Crippen LogP contribution is -2.06. The molecule has 0 spiro atoms. The Morgan fingerprint density at radius 1 is 1.56 bits per heavy atom. The van der Waals surface area contributed by atoms with E-state index in [4.69, 9.17) is 10.4 Å². The van der Waals surface area contributed by atoms with Crippen LogP contribution in [0, 0.1) is 18.3 Å². The highest BCUT2D eigenvalue weighted by molar-refractivity contribution is 5.71. The zero-order valence-electron chi connectivity index (χ0n) is 8.50. The van der Waals surface area contributed by atoms with Gasteiger partial charge in [-0.05, 0) is 24.1 Å². The first kappa shape index (κ1) is 12.1. The van der Waals surface area contributed by atoms with Gasteiger partial charge < -0.3 is 5.11 Å². The van der Waals surface area contributed by atoms with E-state index in [-0.39, 0.29) is 22.3 Å². The van der Waals surface area contributed by atoms with Crippen molar-refractivity contribution < 1.29 is 18.7 Å². The molecule has 1 aromatic carbocycles. The molecular formula is C11H9F2NO2. The van der Waals surface area contributed by atoms with Crippen LogP contribution in [-0.4, -0.2) is 11.1 Å². The first-order chi connectivity index (χ1) is 7.47. The Morgan fingerprint density at radius 2 is 2.19 bits per heavy atom. The molecule has 1 rings (SSSR count). The third-order valence-corrected chi connectivity index (χ3v) is 2.29. The summed E-state index contributed by atoms with van der Waals surface area (Å²) in [5.74, 6) is -1.17. The third kappa shape index (κ3) is 2.34. The maximum Gasteiger partial charge on any atom is 0.307 e. The molecule has 16 heavy (non-hydrogen) atoms. The SMILES string of the molecule is Cc1c(C#N)ccc(CC(=O)O)c1C(F)F. The molecule has 0 fully saturated rings. The van der Waals surface area contributed by atoms with Crippen molar-refractivity contribution in [1.29, 1.82) is 5.26 Å². The van der Waals surface area contributed by atoms with Crippen molar-refractivity contribution >= 4 is 5.97 Å². The van der Waals surface area contributed by atoms with Crippen LogP contribution in [0.25, 0.3) is 0 Å². The Morgan fingerprint density at radius 3 is 2.62 bits per heavy atom. The largest absolute Gasteiger partial charge is 0.481 e. The summed E-state index contributed by atoms with van der Waals surface area (Å²) in [6.45, 7) is 1.39. The number of benzene rings is 1. The van der Waals surface area contributed by atoms with Gasteiger partial charge in [-0.3, -0.25) is 4.79 Å². The van der Waals surface area contributed by atoms with Gasteiger partial charge >= 0.3 is 5.97 Å². The summed E-state index contributed by atoms with van der Waals surface area (Å²) in [5.41, 5.74) is 0.00105. The number of aliphatic carboxylic acids is 1. The van der Waals surface area contributed by atoms with Crippen LogP contribution < -0.4 is 0 Å². The minimum atomic E-state index is -2.78. The summed E-state index contributed by atoms with van der Waals surface area (Å²) in [6.07, 6.45) is -3.24. The number of nitrogens with zero attached hydrogens (tertiary/aromatic N) is 1. The summed E-state index contributed by atoms with van der Waals surface area (Å²) >= 11 is 0. The van der Waals surface area contributed by atoms with Crippen LogP contribution in [0.3, 0.4) is 0 Å².